The van der Waals surface area contributed by atoms with Crippen LogP contribution in [0.25, 0.3) is 11.2 Å². The normalized spacial score (nSPS) is 23.9. The van der Waals surface area contributed by atoms with Crippen molar-refractivity contribution in [2.24, 2.45) is 0 Å². The van der Waals surface area contributed by atoms with Gasteiger partial charge in [-0.25, -0.2) is 14.1 Å². The number of hydrogen-bond donors (Lipinski definition) is 7. The molecule has 0 spiro atoms. The Bertz CT molecular complexity index is 994. The number of aromatic nitrogens is 4. The highest BCUT2D eigenvalue weighted by Gasteiger charge is 2.44. The fourth-order valence-corrected chi connectivity index (χ4v) is 3.66. The van der Waals surface area contributed by atoms with Crippen molar-refractivity contribution in [1.29, 1.82) is 0 Å². The third kappa shape index (κ3) is 4.60. The van der Waals surface area contributed by atoms with Gasteiger partial charge in [0.15, 0.2) is 18.1 Å². The molecule has 0 amide bonds. The molecule has 150 valence electrons. The van der Waals surface area contributed by atoms with Crippen molar-refractivity contribution < 1.29 is 47.1 Å². The van der Waals surface area contributed by atoms with Gasteiger partial charge in [0.2, 0.25) is 0 Å². The Morgan fingerprint density at radius 1 is 1.33 bits per heavy atom. The van der Waals surface area contributed by atoms with Gasteiger partial charge in [-0.05, 0) is 0 Å². The number of H-pyrrole nitrogens is 2. The average Bonchev–Trinajstić information content (AvgIpc) is 3.10. The second-order valence-electron chi connectivity index (χ2n) is 5.60. The summed E-state index contributed by atoms with van der Waals surface area (Å²) < 4.78 is 37.9. The quantitative estimate of drug-likeness (QED) is 0.195. The molecular formula is C10H16N5O10P2+. The fraction of sp³-hybridized carbons (Fsp3) is 0.500. The van der Waals surface area contributed by atoms with Gasteiger partial charge in [-0.1, -0.05) is 0 Å². The first-order chi connectivity index (χ1) is 12.4. The maximum atomic E-state index is 11.9. The molecule has 15 nitrogen and oxygen atoms in total. The van der Waals surface area contributed by atoms with Gasteiger partial charge >= 0.3 is 27.2 Å². The van der Waals surface area contributed by atoms with Gasteiger partial charge in [0.25, 0.3) is 5.65 Å². The van der Waals surface area contributed by atoms with E-state index in [0.717, 1.165) is 0 Å². The molecule has 1 aliphatic heterocycles. The number of ether oxygens (including phenoxy) is 1. The highest BCUT2D eigenvalue weighted by molar-refractivity contribution is 7.46. The first kappa shape index (κ1) is 20.1. The third-order valence-corrected chi connectivity index (χ3v) is 4.75. The molecule has 3 atom stereocenters. The lowest BCUT2D eigenvalue weighted by molar-refractivity contribution is -0.728. The predicted octanol–water partition coefficient (Wildman–Crippen LogP) is -2.00. The first-order valence-corrected chi connectivity index (χ1v) is 10.4. The first-order valence-electron chi connectivity index (χ1n) is 7.30. The summed E-state index contributed by atoms with van der Waals surface area (Å²) in [6, 6.07) is 0. The number of anilines is 1. The molecule has 2 aromatic heterocycles. The van der Waals surface area contributed by atoms with E-state index in [0.29, 0.717) is 0 Å². The molecule has 0 unspecified atom stereocenters. The minimum atomic E-state index is -4.94. The molecule has 0 saturated carbocycles. The summed E-state index contributed by atoms with van der Waals surface area (Å²) >= 11 is 0. The molecule has 2 aromatic rings. The zero-order valence-corrected chi connectivity index (χ0v) is 15.1. The van der Waals surface area contributed by atoms with Gasteiger partial charge in [-0.2, -0.15) is 4.57 Å². The van der Waals surface area contributed by atoms with Crippen molar-refractivity contribution in [2.75, 3.05) is 12.3 Å². The largest absolute Gasteiger partial charge is 0.469 e. The van der Waals surface area contributed by atoms with Gasteiger partial charge in [0.05, 0.1) is 6.61 Å². The van der Waals surface area contributed by atoms with Crippen molar-refractivity contribution in [3.63, 3.8) is 0 Å². The number of nitrogen functional groups attached to an aromatic ring is 1. The molecule has 8 N–H and O–H groups in total. The van der Waals surface area contributed by atoms with Crippen molar-refractivity contribution in [2.45, 2.75) is 24.9 Å². The van der Waals surface area contributed by atoms with Crippen molar-refractivity contribution in [3.8, 4) is 0 Å². The smallest absolute Gasteiger partial charge is 0.340 e. The van der Waals surface area contributed by atoms with Crippen LogP contribution in [0, 0.1) is 0 Å². The Morgan fingerprint density at radius 3 is 2.67 bits per heavy atom. The van der Waals surface area contributed by atoms with Crippen LogP contribution in [0.2, 0.25) is 0 Å². The number of fused-ring (bicyclic) bond motifs is 1. The summed E-state index contributed by atoms with van der Waals surface area (Å²) in [5, 5.41) is 0. The van der Waals surface area contributed by atoms with Crippen LogP contribution in [0.1, 0.15) is 12.6 Å². The molecule has 3 rings (SSSR count). The molecule has 3 heterocycles. The number of phosphoric ester groups is 2. The van der Waals surface area contributed by atoms with E-state index in [2.05, 4.69) is 24.0 Å². The minimum absolute atomic E-state index is 0.0789. The van der Waals surface area contributed by atoms with Gasteiger partial charge in [-0.3, -0.25) is 13.8 Å². The summed E-state index contributed by atoms with van der Waals surface area (Å²) in [6.07, 6.45) is -2.49. The fourth-order valence-electron chi connectivity index (χ4n) is 2.75. The lowest BCUT2D eigenvalue weighted by Gasteiger charge is -2.19. The van der Waals surface area contributed by atoms with Crippen molar-refractivity contribution in [3.05, 3.63) is 16.7 Å². The monoisotopic (exact) mass is 428 g/mol. The van der Waals surface area contributed by atoms with Crippen LogP contribution in [0.3, 0.4) is 0 Å². The number of nitrogens with zero attached hydrogens (tertiary/aromatic N) is 2. The van der Waals surface area contributed by atoms with Crippen LogP contribution in [0.4, 0.5) is 5.95 Å². The van der Waals surface area contributed by atoms with Crippen LogP contribution < -0.4 is 15.9 Å². The lowest BCUT2D eigenvalue weighted by Crippen LogP contribution is -2.46. The zero-order valence-electron chi connectivity index (χ0n) is 13.3. The molecule has 0 radical (unpaired) electrons. The molecule has 0 aliphatic carbocycles. The van der Waals surface area contributed by atoms with E-state index in [9.17, 15) is 13.9 Å². The molecule has 0 aromatic carbocycles. The summed E-state index contributed by atoms with van der Waals surface area (Å²) in [5.41, 5.74) is 5.45. The molecule has 17 heteroatoms. The Hall–Kier alpha value is -1.67. The van der Waals surface area contributed by atoms with Crippen molar-refractivity contribution >= 4 is 32.8 Å². The maximum Gasteiger partial charge on any atom is 0.469 e. The van der Waals surface area contributed by atoms with E-state index < -0.39 is 46.2 Å². The van der Waals surface area contributed by atoms with Gasteiger partial charge < -0.3 is 35.0 Å². The Labute approximate surface area is 149 Å². The maximum absolute atomic E-state index is 11.9. The third-order valence-electron chi connectivity index (χ3n) is 3.72. The standard InChI is InChI=1S/C10H15N5O10P2/c11-10-14-9(16)7-8(13-3-12-7)15(10)6-1-4(25-27(20,21)22)5(24-6)2-23-26(17,18)19/h3-6H,1-2H2,(H7,11,12,13,14,16,17,18,19,20,21,22)/p+1/t4-,5-,6-/m1/s1. The van der Waals surface area contributed by atoms with Gasteiger partial charge in [0, 0.05) is 6.42 Å². The number of nitrogens with one attached hydrogen (secondary N) is 2. The van der Waals surface area contributed by atoms with Crippen LogP contribution in [-0.2, 0) is 22.9 Å². The number of imidazole rings is 1. The number of hydrogen-bond acceptors (Lipinski definition) is 8. The van der Waals surface area contributed by atoms with E-state index in [1.54, 1.807) is 0 Å². The van der Waals surface area contributed by atoms with E-state index in [1.165, 1.54) is 10.9 Å². The molecular weight excluding hydrogens is 412 g/mol. The van der Waals surface area contributed by atoms with E-state index in [-0.39, 0.29) is 23.5 Å². The van der Waals surface area contributed by atoms with Gasteiger partial charge in [0.1, 0.15) is 12.2 Å². The summed E-state index contributed by atoms with van der Waals surface area (Å²) in [6.45, 7) is -0.709. The van der Waals surface area contributed by atoms with Crippen molar-refractivity contribution in [1.82, 2.24) is 15.0 Å². The Morgan fingerprint density at radius 2 is 2.04 bits per heavy atom. The van der Waals surface area contributed by atoms with Crippen LogP contribution in [0.15, 0.2) is 11.1 Å². The van der Waals surface area contributed by atoms with E-state index >= 15 is 0 Å². The molecule has 1 fully saturated rings. The topological polar surface area (TPSA) is 234 Å². The molecule has 27 heavy (non-hydrogen) atoms. The predicted molar refractivity (Wildman–Crippen MR) is 84.8 cm³/mol. The summed E-state index contributed by atoms with van der Waals surface area (Å²) in [5.74, 6) is -0.156. The lowest BCUT2D eigenvalue weighted by atomic mass is 10.2. The van der Waals surface area contributed by atoms with Crippen LogP contribution in [0.5, 0.6) is 0 Å². The van der Waals surface area contributed by atoms with Gasteiger partial charge in [-0.15, -0.1) is 4.98 Å². The molecule has 1 saturated heterocycles. The number of phosphoric acid groups is 2. The highest BCUT2D eigenvalue weighted by Crippen LogP contribution is 2.44. The summed E-state index contributed by atoms with van der Waals surface area (Å²) in [4.78, 5) is 56.6. The SMILES string of the molecule is Nc1[nH]c(=O)c2[nH]cnc2[n+]1[C@H]1C[C@@H](OP(=O)(O)O)[C@@H](COP(=O)(O)O)O1. The highest BCUT2D eigenvalue weighted by atomic mass is 31.2. The zero-order chi connectivity index (χ0) is 20.0. The second kappa shape index (κ2) is 7.05. The Kier molecular flexibility index (Phi) is 5.24. The van der Waals surface area contributed by atoms with Crippen LogP contribution in [-0.4, -0.2) is 53.3 Å². The Balaban J connectivity index is 1.93. The number of nitrogens with two attached hydrogens (primary N) is 1. The number of rotatable bonds is 6. The van der Waals surface area contributed by atoms with E-state index in [4.69, 9.17) is 30.0 Å². The van der Waals surface area contributed by atoms with Crippen LogP contribution >= 0.6 is 15.6 Å². The second-order valence-corrected chi connectivity index (χ2v) is 8.03. The molecule has 0 bridgehead atoms. The number of aromatic amines is 2. The molecule has 1 aliphatic rings. The minimum Gasteiger partial charge on any atom is -0.340 e. The summed E-state index contributed by atoms with van der Waals surface area (Å²) in [7, 11) is -9.80. The van der Waals surface area contributed by atoms with E-state index in [1.807, 2.05) is 0 Å². The average molecular weight is 428 g/mol.